The Balaban J connectivity index is 1.82. The molecule has 26 heavy (non-hydrogen) atoms. The van der Waals surface area contributed by atoms with Crippen molar-refractivity contribution in [1.82, 2.24) is 14.5 Å². The molecular weight excluding hydrogens is 350 g/mol. The summed E-state index contributed by atoms with van der Waals surface area (Å²) in [5.41, 5.74) is 1.26. The third kappa shape index (κ3) is 2.96. The molecule has 2 atom stereocenters. The Hall–Kier alpha value is -1.43. The van der Waals surface area contributed by atoms with Gasteiger partial charge in [-0.05, 0) is 49.4 Å². The fraction of sp³-hybridized carbons (Fsp3) is 0.600. The molecule has 5 nitrogen and oxygen atoms in total. The summed E-state index contributed by atoms with van der Waals surface area (Å²) in [5.74, 6) is 1.86. The second kappa shape index (κ2) is 6.95. The first-order chi connectivity index (χ1) is 12.5. The lowest BCUT2D eigenvalue weighted by Crippen LogP contribution is -2.50. The van der Waals surface area contributed by atoms with Gasteiger partial charge in [0.25, 0.3) is 5.56 Å². The fourth-order valence-corrected chi connectivity index (χ4v) is 4.91. The number of hydrogen-bond acceptors (Lipinski definition) is 4. The van der Waals surface area contributed by atoms with Gasteiger partial charge >= 0.3 is 0 Å². The quantitative estimate of drug-likeness (QED) is 0.895. The normalized spacial score (nSPS) is 23.3. The molecule has 6 heteroatoms. The molecule has 0 amide bonds. The van der Waals surface area contributed by atoms with Crippen molar-refractivity contribution in [3.05, 3.63) is 38.9 Å². The van der Waals surface area contributed by atoms with Crippen LogP contribution in [0.25, 0.3) is 10.9 Å². The van der Waals surface area contributed by atoms with Crippen LogP contribution in [0.1, 0.15) is 50.4 Å². The third-order valence-corrected chi connectivity index (χ3v) is 6.15. The lowest BCUT2D eigenvalue weighted by Gasteiger charge is -2.45. The first-order valence-electron chi connectivity index (χ1n) is 9.57. The molecule has 1 aromatic carbocycles. The number of hydrogen-bond donors (Lipinski definition) is 1. The van der Waals surface area contributed by atoms with Gasteiger partial charge in [0, 0.05) is 30.1 Å². The molecule has 0 unspecified atom stereocenters. The summed E-state index contributed by atoms with van der Waals surface area (Å²) < 4.78 is 1.86. The molecule has 0 aliphatic carbocycles. The standard InChI is InChI=1S/C20H26ClN3O2/c1-12(2)10-23-6-3-4-14-18(23)5-7-24-19(14)22-17-8-13(11-25)16(21)9-15(17)20(24)26/h8-9,12,14,18,25H,3-7,10-11H2,1-2H3/t14-,18+/m0/s1. The summed E-state index contributed by atoms with van der Waals surface area (Å²) in [6.07, 6.45) is 3.22. The van der Waals surface area contributed by atoms with Gasteiger partial charge < -0.3 is 5.11 Å². The van der Waals surface area contributed by atoms with Gasteiger partial charge in [-0.25, -0.2) is 4.98 Å². The molecule has 4 rings (SSSR count). The zero-order valence-electron chi connectivity index (χ0n) is 15.4. The predicted octanol–water partition coefficient (Wildman–Crippen LogP) is 3.15. The SMILES string of the molecule is CC(C)CN1CCC[C@@H]2c3nc4cc(CO)c(Cl)cc4c(=O)n3CC[C@H]21. The van der Waals surface area contributed by atoms with Crippen molar-refractivity contribution in [1.29, 1.82) is 0 Å². The molecule has 0 bridgehead atoms. The zero-order valence-corrected chi connectivity index (χ0v) is 16.2. The molecule has 2 aromatic rings. The van der Waals surface area contributed by atoms with Crippen molar-refractivity contribution >= 4 is 22.5 Å². The highest BCUT2D eigenvalue weighted by molar-refractivity contribution is 6.32. The highest BCUT2D eigenvalue weighted by atomic mass is 35.5. The Morgan fingerprint density at radius 1 is 1.31 bits per heavy atom. The molecule has 140 valence electrons. The van der Waals surface area contributed by atoms with E-state index in [-0.39, 0.29) is 12.2 Å². The average molecular weight is 376 g/mol. The van der Waals surface area contributed by atoms with Gasteiger partial charge in [-0.15, -0.1) is 0 Å². The molecule has 2 aliphatic rings. The highest BCUT2D eigenvalue weighted by Crippen LogP contribution is 2.37. The monoisotopic (exact) mass is 375 g/mol. The van der Waals surface area contributed by atoms with Crippen LogP contribution in [0.5, 0.6) is 0 Å². The van der Waals surface area contributed by atoms with E-state index in [1.165, 1.54) is 0 Å². The molecule has 1 aromatic heterocycles. The van der Waals surface area contributed by atoms with E-state index in [2.05, 4.69) is 18.7 Å². The number of piperidine rings is 1. The second-order valence-electron chi connectivity index (χ2n) is 8.04. The fourth-order valence-electron chi connectivity index (χ4n) is 4.69. The van der Waals surface area contributed by atoms with Crippen LogP contribution in [-0.4, -0.2) is 38.7 Å². The van der Waals surface area contributed by atoms with E-state index >= 15 is 0 Å². The molecular formula is C20H26ClN3O2. The van der Waals surface area contributed by atoms with Gasteiger partial charge in [-0.2, -0.15) is 0 Å². The molecule has 2 aliphatic heterocycles. The number of benzene rings is 1. The van der Waals surface area contributed by atoms with Crippen LogP contribution in [0, 0.1) is 5.92 Å². The smallest absolute Gasteiger partial charge is 0.261 e. The summed E-state index contributed by atoms with van der Waals surface area (Å²) in [6.45, 7) is 7.33. The Morgan fingerprint density at radius 2 is 2.12 bits per heavy atom. The predicted molar refractivity (Wildman–Crippen MR) is 104 cm³/mol. The van der Waals surface area contributed by atoms with Crippen molar-refractivity contribution in [3.8, 4) is 0 Å². The van der Waals surface area contributed by atoms with Crippen LogP contribution in [0.2, 0.25) is 5.02 Å². The van der Waals surface area contributed by atoms with Crippen LogP contribution in [-0.2, 0) is 13.2 Å². The van der Waals surface area contributed by atoms with Gasteiger partial charge in [-0.1, -0.05) is 25.4 Å². The van der Waals surface area contributed by atoms with Crippen molar-refractivity contribution < 1.29 is 5.11 Å². The number of halogens is 1. The Morgan fingerprint density at radius 3 is 2.85 bits per heavy atom. The zero-order chi connectivity index (χ0) is 18.4. The van der Waals surface area contributed by atoms with Gasteiger partial charge in [0.2, 0.25) is 0 Å². The van der Waals surface area contributed by atoms with Gasteiger partial charge in [0.1, 0.15) is 5.82 Å². The molecule has 1 saturated heterocycles. The molecule has 3 heterocycles. The first-order valence-corrected chi connectivity index (χ1v) is 9.95. The summed E-state index contributed by atoms with van der Waals surface area (Å²) in [6, 6.07) is 3.89. The van der Waals surface area contributed by atoms with Crippen molar-refractivity contribution in [3.63, 3.8) is 0 Å². The summed E-state index contributed by atoms with van der Waals surface area (Å²) >= 11 is 6.19. The third-order valence-electron chi connectivity index (χ3n) is 5.80. The van der Waals surface area contributed by atoms with Crippen LogP contribution in [0.15, 0.2) is 16.9 Å². The maximum atomic E-state index is 13.0. The summed E-state index contributed by atoms with van der Waals surface area (Å²) in [5, 5.41) is 10.5. The number of nitrogens with zero attached hydrogens (tertiary/aromatic N) is 3. The lowest BCUT2D eigenvalue weighted by molar-refractivity contribution is 0.0845. The molecule has 1 fully saturated rings. The number of aliphatic hydroxyl groups is 1. The minimum Gasteiger partial charge on any atom is -0.392 e. The number of likely N-dealkylation sites (tertiary alicyclic amines) is 1. The largest absolute Gasteiger partial charge is 0.392 e. The van der Waals surface area contributed by atoms with E-state index < -0.39 is 0 Å². The molecule has 0 saturated carbocycles. The van der Waals surface area contributed by atoms with Crippen LogP contribution < -0.4 is 5.56 Å². The van der Waals surface area contributed by atoms with Gasteiger partial charge in [-0.3, -0.25) is 14.3 Å². The minimum absolute atomic E-state index is 0.00387. The first kappa shape index (κ1) is 18.0. The average Bonchev–Trinajstić information content (AvgIpc) is 2.62. The molecule has 0 spiro atoms. The lowest BCUT2D eigenvalue weighted by atomic mass is 9.83. The Kier molecular flexibility index (Phi) is 4.80. The minimum atomic E-state index is -0.150. The van der Waals surface area contributed by atoms with Crippen molar-refractivity contribution in [2.45, 2.75) is 58.2 Å². The van der Waals surface area contributed by atoms with Crippen LogP contribution in [0.3, 0.4) is 0 Å². The number of aromatic nitrogens is 2. The van der Waals surface area contributed by atoms with Crippen molar-refractivity contribution in [2.24, 2.45) is 5.92 Å². The van der Waals surface area contributed by atoms with Crippen LogP contribution in [0.4, 0.5) is 0 Å². The number of aliphatic hydroxyl groups excluding tert-OH is 1. The van der Waals surface area contributed by atoms with E-state index in [4.69, 9.17) is 16.6 Å². The summed E-state index contributed by atoms with van der Waals surface area (Å²) in [7, 11) is 0. The topological polar surface area (TPSA) is 58.4 Å². The number of rotatable bonds is 3. The van der Waals surface area contributed by atoms with Gasteiger partial charge in [0.15, 0.2) is 0 Å². The molecule has 0 radical (unpaired) electrons. The van der Waals surface area contributed by atoms with Crippen LogP contribution >= 0.6 is 11.6 Å². The Bertz CT molecular complexity index is 893. The van der Waals surface area contributed by atoms with E-state index in [9.17, 15) is 9.90 Å². The second-order valence-corrected chi connectivity index (χ2v) is 8.45. The van der Waals surface area contributed by atoms with Gasteiger partial charge in [0.05, 0.1) is 17.5 Å². The Labute approximate surface area is 158 Å². The number of fused-ring (bicyclic) bond motifs is 4. The van der Waals surface area contributed by atoms with E-state index in [0.717, 1.165) is 38.2 Å². The maximum absolute atomic E-state index is 13.0. The van der Waals surface area contributed by atoms with E-state index in [0.29, 0.717) is 45.9 Å². The summed E-state index contributed by atoms with van der Waals surface area (Å²) in [4.78, 5) is 20.5. The maximum Gasteiger partial charge on any atom is 0.261 e. The van der Waals surface area contributed by atoms with E-state index in [1.807, 2.05) is 4.57 Å². The molecule has 1 N–H and O–H groups in total. The van der Waals surface area contributed by atoms with E-state index in [1.54, 1.807) is 12.1 Å². The highest BCUT2D eigenvalue weighted by Gasteiger charge is 2.38. The van der Waals surface area contributed by atoms with Crippen molar-refractivity contribution in [2.75, 3.05) is 13.1 Å².